The second-order valence-corrected chi connectivity index (χ2v) is 6.67. The van der Waals surface area contributed by atoms with E-state index in [4.69, 9.17) is 0 Å². The molecule has 0 saturated carbocycles. The lowest BCUT2D eigenvalue weighted by atomic mass is 10.1. The van der Waals surface area contributed by atoms with Crippen LogP contribution in [-0.2, 0) is 11.2 Å². The summed E-state index contributed by atoms with van der Waals surface area (Å²) < 4.78 is 1.80. The molecule has 8 heteroatoms. The summed E-state index contributed by atoms with van der Waals surface area (Å²) in [6.07, 6.45) is 4.18. The number of hydrogen-bond donors (Lipinski definition) is 1. The van der Waals surface area contributed by atoms with Gasteiger partial charge in [0.25, 0.3) is 5.69 Å². The van der Waals surface area contributed by atoms with E-state index < -0.39 is 4.92 Å². The first-order valence-corrected chi connectivity index (χ1v) is 9.33. The van der Waals surface area contributed by atoms with Crippen molar-refractivity contribution >= 4 is 23.4 Å². The molecule has 3 aromatic rings. The molecule has 0 aliphatic rings. The van der Waals surface area contributed by atoms with Gasteiger partial charge in [0.05, 0.1) is 10.7 Å². The maximum Gasteiger partial charge on any atom is 0.269 e. The molecule has 0 saturated heterocycles. The van der Waals surface area contributed by atoms with E-state index in [-0.39, 0.29) is 17.3 Å². The molecule has 0 fully saturated rings. The Labute approximate surface area is 160 Å². The number of rotatable bonds is 8. The Kier molecular flexibility index (Phi) is 6.22. The van der Waals surface area contributed by atoms with E-state index in [2.05, 4.69) is 10.3 Å². The average Bonchev–Trinajstić information content (AvgIpc) is 3.16. The summed E-state index contributed by atoms with van der Waals surface area (Å²) >= 11 is 1.32. The van der Waals surface area contributed by atoms with Crippen LogP contribution < -0.4 is 5.32 Å². The van der Waals surface area contributed by atoms with E-state index in [1.54, 1.807) is 29.1 Å². The lowest BCUT2D eigenvalue weighted by Crippen LogP contribution is -2.27. The van der Waals surface area contributed by atoms with Gasteiger partial charge < -0.3 is 5.32 Å². The van der Waals surface area contributed by atoms with Crippen molar-refractivity contribution in [2.75, 3.05) is 12.3 Å². The second kappa shape index (κ2) is 9.00. The Bertz CT molecular complexity index is 910. The van der Waals surface area contributed by atoms with Crippen molar-refractivity contribution in [2.45, 2.75) is 11.6 Å². The summed E-state index contributed by atoms with van der Waals surface area (Å²) in [7, 11) is 0. The van der Waals surface area contributed by atoms with Crippen LogP contribution in [0, 0.1) is 10.1 Å². The number of non-ortho nitro benzene ring substituents is 1. The third kappa shape index (κ3) is 5.18. The van der Waals surface area contributed by atoms with Gasteiger partial charge in [-0.05, 0) is 24.1 Å². The van der Waals surface area contributed by atoms with E-state index in [1.165, 1.54) is 29.5 Å². The van der Waals surface area contributed by atoms with Crippen molar-refractivity contribution in [3.05, 3.63) is 82.7 Å². The predicted molar refractivity (Wildman–Crippen MR) is 104 cm³/mol. The number of carbonyl (C=O) groups is 1. The molecule has 27 heavy (non-hydrogen) atoms. The van der Waals surface area contributed by atoms with Crippen LogP contribution in [-0.4, -0.2) is 32.7 Å². The topological polar surface area (TPSA) is 90.1 Å². The molecule has 3 rings (SSSR count). The number of nitrogens with one attached hydrogen (secondary N) is 1. The van der Waals surface area contributed by atoms with Crippen LogP contribution in [0.1, 0.15) is 5.56 Å². The van der Waals surface area contributed by atoms with Crippen LogP contribution in [0.4, 0.5) is 5.69 Å². The van der Waals surface area contributed by atoms with Gasteiger partial charge in [0.15, 0.2) is 5.16 Å². The number of thioether (sulfide) groups is 1. The van der Waals surface area contributed by atoms with Crippen molar-refractivity contribution in [1.29, 1.82) is 0 Å². The first-order chi connectivity index (χ1) is 13.1. The molecule has 1 N–H and O–H groups in total. The van der Waals surface area contributed by atoms with Crippen LogP contribution in [0.25, 0.3) is 5.69 Å². The number of nitro groups is 1. The van der Waals surface area contributed by atoms with Crippen molar-refractivity contribution in [3.63, 3.8) is 0 Å². The Morgan fingerprint density at radius 1 is 1.15 bits per heavy atom. The third-order valence-electron chi connectivity index (χ3n) is 3.86. The zero-order valence-corrected chi connectivity index (χ0v) is 15.3. The number of nitrogens with zero attached hydrogens (tertiary/aromatic N) is 3. The molecule has 0 aliphatic heterocycles. The first-order valence-electron chi connectivity index (χ1n) is 8.35. The summed E-state index contributed by atoms with van der Waals surface area (Å²) in [5.74, 6) is 0.188. The number of hydrogen-bond acceptors (Lipinski definition) is 5. The smallest absolute Gasteiger partial charge is 0.269 e. The number of carbonyl (C=O) groups excluding carboxylic acids is 1. The fraction of sp³-hybridized carbons (Fsp3) is 0.158. The molecule has 0 bridgehead atoms. The van der Waals surface area contributed by atoms with E-state index in [9.17, 15) is 14.9 Å². The number of aromatic nitrogens is 2. The molecule has 0 atom stereocenters. The van der Waals surface area contributed by atoms with Crippen LogP contribution in [0.5, 0.6) is 0 Å². The number of nitro benzene ring substituents is 1. The highest BCUT2D eigenvalue weighted by atomic mass is 32.2. The summed E-state index contributed by atoms with van der Waals surface area (Å²) in [5, 5.41) is 14.3. The van der Waals surface area contributed by atoms with Crippen molar-refractivity contribution < 1.29 is 9.72 Å². The maximum atomic E-state index is 12.1. The predicted octanol–water partition coefficient (Wildman–Crippen LogP) is 3.23. The van der Waals surface area contributed by atoms with E-state index in [1.807, 2.05) is 30.3 Å². The van der Waals surface area contributed by atoms with Crippen LogP contribution in [0.15, 0.2) is 72.1 Å². The first kappa shape index (κ1) is 18.7. The normalized spacial score (nSPS) is 10.5. The van der Waals surface area contributed by atoms with Gasteiger partial charge >= 0.3 is 0 Å². The molecular formula is C19H18N4O3S. The van der Waals surface area contributed by atoms with Gasteiger partial charge in [0, 0.05) is 36.8 Å². The minimum absolute atomic E-state index is 0.0332. The van der Waals surface area contributed by atoms with Gasteiger partial charge in [-0.25, -0.2) is 4.98 Å². The second-order valence-electron chi connectivity index (χ2n) is 5.73. The molecule has 7 nitrogen and oxygen atoms in total. The maximum absolute atomic E-state index is 12.1. The SMILES string of the molecule is O=C(CSc1nccn1-c1ccc([N+](=O)[O-])cc1)NCCc1ccccc1. The summed E-state index contributed by atoms with van der Waals surface area (Å²) in [6.45, 7) is 0.584. The fourth-order valence-electron chi connectivity index (χ4n) is 2.50. The Morgan fingerprint density at radius 2 is 1.89 bits per heavy atom. The van der Waals surface area contributed by atoms with Gasteiger partial charge in [0.2, 0.25) is 5.91 Å². The van der Waals surface area contributed by atoms with E-state index in [0.29, 0.717) is 11.7 Å². The lowest BCUT2D eigenvalue weighted by molar-refractivity contribution is -0.384. The molecule has 1 aromatic heterocycles. The van der Waals surface area contributed by atoms with Gasteiger partial charge in [-0.15, -0.1) is 0 Å². The molecular weight excluding hydrogens is 364 g/mol. The molecule has 1 amide bonds. The number of benzene rings is 2. The molecule has 0 unspecified atom stereocenters. The van der Waals surface area contributed by atoms with Crippen LogP contribution in [0.2, 0.25) is 0 Å². The minimum atomic E-state index is -0.437. The van der Waals surface area contributed by atoms with Gasteiger partial charge in [-0.3, -0.25) is 19.5 Å². The average molecular weight is 382 g/mol. The molecule has 0 radical (unpaired) electrons. The van der Waals surface area contributed by atoms with Gasteiger partial charge in [-0.2, -0.15) is 0 Å². The standard InChI is InChI=1S/C19H18N4O3S/c24-18(20-11-10-15-4-2-1-3-5-15)14-27-19-21-12-13-22(19)16-6-8-17(9-7-16)23(25)26/h1-9,12-13H,10-11,14H2,(H,20,24). The van der Waals surface area contributed by atoms with E-state index in [0.717, 1.165) is 12.1 Å². The van der Waals surface area contributed by atoms with Crippen molar-refractivity contribution in [3.8, 4) is 5.69 Å². The zero-order chi connectivity index (χ0) is 19.1. The summed E-state index contributed by atoms with van der Waals surface area (Å²) in [5.41, 5.74) is 1.97. The largest absolute Gasteiger partial charge is 0.355 e. The van der Waals surface area contributed by atoms with E-state index >= 15 is 0 Å². The van der Waals surface area contributed by atoms with Gasteiger partial charge in [-0.1, -0.05) is 42.1 Å². The quantitative estimate of drug-likeness (QED) is 0.367. The Hall–Kier alpha value is -3.13. The molecule has 0 aliphatic carbocycles. The highest BCUT2D eigenvalue weighted by Crippen LogP contribution is 2.22. The summed E-state index contributed by atoms with van der Waals surface area (Å²) in [4.78, 5) is 26.6. The highest BCUT2D eigenvalue weighted by molar-refractivity contribution is 7.99. The molecule has 138 valence electrons. The van der Waals surface area contributed by atoms with Crippen LogP contribution >= 0.6 is 11.8 Å². The Morgan fingerprint density at radius 3 is 2.59 bits per heavy atom. The number of amides is 1. The van der Waals surface area contributed by atoms with Crippen molar-refractivity contribution in [1.82, 2.24) is 14.9 Å². The third-order valence-corrected chi connectivity index (χ3v) is 4.82. The highest BCUT2D eigenvalue weighted by Gasteiger charge is 2.10. The lowest BCUT2D eigenvalue weighted by Gasteiger charge is -2.08. The zero-order valence-electron chi connectivity index (χ0n) is 14.4. The fourth-order valence-corrected chi connectivity index (χ4v) is 3.30. The van der Waals surface area contributed by atoms with Crippen molar-refractivity contribution in [2.24, 2.45) is 0 Å². The van der Waals surface area contributed by atoms with Crippen LogP contribution in [0.3, 0.4) is 0 Å². The Balaban J connectivity index is 1.52. The molecule has 2 aromatic carbocycles. The number of imidazole rings is 1. The molecule has 0 spiro atoms. The minimum Gasteiger partial charge on any atom is -0.355 e. The molecule has 1 heterocycles. The van der Waals surface area contributed by atoms with Gasteiger partial charge in [0.1, 0.15) is 0 Å². The monoisotopic (exact) mass is 382 g/mol. The summed E-state index contributed by atoms with van der Waals surface area (Å²) in [6, 6.07) is 16.2.